The van der Waals surface area contributed by atoms with Crippen LogP contribution >= 0.6 is 0 Å². The van der Waals surface area contributed by atoms with E-state index >= 15 is 0 Å². The van der Waals surface area contributed by atoms with Crippen LogP contribution in [-0.2, 0) is 10.2 Å². The molecule has 0 aromatic rings. The van der Waals surface area contributed by atoms with E-state index in [4.69, 9.17) is 0 Å². The largest absolute Gasteiger partial charge is 0.389 e. The summed E-state index contributed by atoms with van der Waals surface area (Å²) in [5.74, 6) is 0.461. The Morgan fingerprint density at radius 2 is 2.12 bits per heavy atom. The molecule has 5 nitrogen and oxygen atoms in total. The molecule has 2 atom stereocenters. The van der Waals surface area contributed by atoms with E-state index in [-0.39, 0.29) is 6.54 Å². The molecule has 0 aliphatic heterocycles. The van der Waals surface area contributed by atoms with Gasteiger partial charge in [0.1, 0.15) is 0 Å². The zero-order valence-corrected chi connectivity index (χ0v) is 11.0. The first kappa shape index (κ1) is 13.9. The standard InChI is InChI=1S/C10H22N2O3S/c1-9-5-4-6-10(13,7-9)8-11-16(14,15)12(2)3/h9,11,13H,4-8H2,1-3H3. The topological polar surface area (TPSA) is 69.6 Å². The van der Waals surface area contributed by atoms with Crippen LogP contribution in [0.1, 0.15) is 32.6 Å². The lowest BCUT2D eigenvalue weighted by atomic mass is 9.79. The molecule has 2 unspecified atom stereocenters. The van der Waals surface area contributed by atoms with Crippen LogP contribution in [0, 0.1) is 5.92 Å². The number of hydrogen-bond acceptors (Lipinski definition) is 3. The zero-order valence-electron chi connectivity index (χ0n) is 10.2. The van der Waals surface area contributed by atoms with Crippen molar-refractivity contribution in [2.24, 2.45) is 5.92 Å². The molecule has 0 aromatic heterocycles. The van der Waals surface area contributed by atoms with Gasteiger partial charge in [0.2, 0.25) is 0 Å². The van der Waals surface area contributed by atoms with Gasteiger partial charge in [0.05, 0.1) is 5.60 Å². The average Bonchev–Trinajstić information content (AvgIpc) is 2.14. The van der Waals surface area contributed by atoms with Crippen LogP contribution in [0.4, 0.5) is 0 Å². The monoisotopic (exact) mass is 250 g/mol. The number of nitrogens with one attached hydrogen (secondary N) is 1. The van der Waals surface area contributed by atoms with E-state index in [9.17, 15) is 13.5 Å². The van der Waals surface area contributed by atoms with Crippen molar-refractivity contribution in [1.82, 2.24) is 9.03 Å². The first-order valence-electron chi connectivity index (χ1n) is 5.65. The maximum absolute atomic E-state index is 11.5. The van der Waals surface area contributed by atoms with Crippen LogP contribution in [0.3, 0.4) is 0 Å². The molecule has 0 amide bonds. The maximum atomic E-state index is 11.5. The predicted molar refractivity (Wildman–Crippen MR) is 63.2 cm³/mol. The summed E-state index contributed by atoms with van der Waals surface area (Å²) in [4.78, 5) is 0. The highest BCUT2D eigenvalue weighted by atomic mass is 32.2. The summed E-state index contributed by atoms with van der Waals surface area (Å²) in [5.41, 5.74) is -0.874. The summed E-state index contributed by atoms with van der Waals surface area (Å²) in [6, 6.07) is 0. The molecule has 0 heterocycles. The lowest BCUT2D eigenvalue weighted by Gasteiger charge is -2.35. The van der Waals surface area contributed by atoms with Gasteiger partial charge >= 0.3 is 0 Å². The molecule has 2 N–H and O–H groups in total. The fraction of sp³-hybridized carbons (Fsp3) is 1.00. The van der Waals surface area contributed by atoms with Crippen molar-refractivity contribution >= 4 is 10.2 Å². The lowest BCUT2D eigenvalue weighted by molar-refractivity contribution is -0.00771. The smallest absolute Gasteiger partial charge is 0.279 e. The van der Waals surface area contributed by atoms with Gasteiger partial charge in [-0.1, -0.05) is 19.8 Å². The molecule has 0 aromatic carbocycles. The van der Waals surface area contributed by atoms with Crippen LogP contribution in [0.25, 0.3) is 0 Å². The van der Waals surface area contributed by atoms with E-state index < -0.39 is 15.8 Å². The molecule has 0 saturated heterocycles. The van der Waals surface area contributed by atoms with Gasteiger partial charge < -0.3 is 5.11 Å². The van der Waals surface area contributed by atoms with Gasteiger partial charge in [-0.3, -0.25) is 0 Å². The third-order valence-electron chi connectivity index (χ3n) is 3.13. The number of hydrogen-bond donors (Lipinski definition) is 2. The van der Waals surface area contributed by atoms with Gasteiger partial charge in [-0.25, -0.2) is 0 Å². The summed E-state index contributed by atoms with van der Waals surface area (Å²) < 4.78 is 26.6. The Hall–Kier alpha value is -0.170. The minimum Gasteiger partial charge on any atom is -0.389 e. The van der Waals surface area contributed by atoms with E-state index in [0.717, 1.165) is 17.1 Å². The highest BCUT2D eigenvalue weighted by Crippen LogP contribution is 2.31. The Morgan fingerprint density at radius 3 is 2.62 bits per heavy atom. The molecular weight excluding hydrogens is 228 g/mol. The van der Waals surface area contributed by atoms with Crippen LogP contribution in [0.2, 0.25) is 0 Å². The molecule has 1 aliphatic carbocycles. The molecule has 6 heteroatoms. The van der Waals surface area contributed by atoms with Crippen LogP contribution in [0.15, 0.2) is 0 Å². The van der Waals surface area contributed by atoms with Crippen molar-refractivity contribution in [3.05, 3.63) is 0 Å². The first-order chi connectivity index (χ1) is 7.25. The fourth-order valence-corrected chi connectivity index (χ4v) is 2.86. The second-order valence-corrected chi connectivity index (χ2v) is 7.00. The fourth-order valence-electron chi connectivity index (χ4n) is 2.15. The molecule has 0 spiro atoms. The van der Waals surface area contributed by atoms with Gasteiger partial charge in [-0.15, -0.1) is 0 Å². The summed E-state index contributed by atoms with van der Waals surface area (Å²) in [7, 11) is -0.494. The minimum atomic E-state index is -3.43. The number of aliphatic hydroxyl groups is 1. The average molecular weight is 250 g/mol. The Bertz CT molecular complexity index is 329. The van der Waals surface area contributed by atoms with Crippen LogP contribution < -0.4 is 4.72 Å². The number of rotatable bonds is 4. The lowest BCUT2D eigenvalue weighted by Crippen LogP contribution is -2.48. The summed E-state index contributed by atoms with van der Waals surface area (Å²) >= 11 is 0. The molecule has 0 bridgehead atoms. The van der Waals surface area contributed by atoms with Crippen molar-refractivity contribution in [2.75, 3.05) is 20.6 Å². The second kappa shape index (κ2) is 5.00. The highest BCUT2D eigenvalue weighted by Gasteiger charge is 2.33. The zero-order chi connectivity index (χ0) is 12.4. The summed E-state index contributed by atoms with van der Waals surface area (Å²) in [5, 5.41) is 10.2. The molecule has 1 fully saturated rings. The Kier molecular flexibility index (Phi) is 4.34. The quantitative estimate of drug-likeness (QED) is 0.755. The Balaban J connectivity index is 2.54. The molecule has 1 aliphatic rings. The third kappa shape index (κ3) is 3.69. The van der Waals surface area contributed by atoms with Crippen molar-refractivity contribution in [3.63, 3.8) is 0 Å². The van der Waals surface area contributed by atoms with E-state index in [1.54, 1.807) is 0 Å². The van der Waals surface area contributed by atoms with Gasteiger partial charge in [0.15, 0.2) is 0 Å². The molecule has 1 rings (SSSR count). The van der Waals surface area contributed by atoms with Crippen LogP contribution in [0.5, 0.6) is 0 Å². The molecule has 1 saturated carbocycles. The van der Waals surface area contributed by atoms with Gasteiger partial charge in [0.25, 0.3) is 10.2 Å². The minimum absolute atomic E-state index is 0.109. The van der Waals surface area contributed by atoms with Crippen molar-refractivity contribution in [3.8, 4) is 0 Å². The van der Waals surface area contributed by atoms with E-state index in [1.807, 2.05) is 0 Å². The molecule has 0 radical (unpaired) electrons. The second-order valence-electron chi connectivity index (χ2n) is 5.03. The van der Waals surface area contributed by atoms with E-state index in [0.29, 0.717) is 18.8 Å². The van der Waals surface area contributed by atoms with Crippen molar-refractivity contribution in [1.29, 1.82) is 0 Å². The summed E-state index contributed by atoms with van der Waals surface area (Å²) in [6.07, 6.45) is 3.42. The Labute approximate surface area is 98.0 Å². The first-order valence-corrected chi connectivity index (χ1v) is 7.09. The summed E-state index contributed by atoms with van der Waals surface area (Å²) in [6.45, 7) is 2.20. The Morgan fingerprint density at radius 1 is 1.50 bits per heavy atom. The third-order valence-corrected chi connectivity index (χ3v) is 4.60. The van der Waals surface area contributed by atoms with Crippen molar-refractivity contribution < 1.29 is 13.5 Å². The molecule has 16 heavy (non-hydrogen) atoms. The predicted octanol–water partition coefficient (Wildman–Crippen LogP) is 0.324. The highest BCUT2D eigenvalue weighted by molar-refractivity contribution is 7.87. The van der Waals surface area contributed by atoms with Gasteiger partial charge in [0, 0.05) is 20.6 Å². The normalized spacial score (nSPS) is 31.9. The van der Waals surface area contributed by atoms with Gasteiger partial charge in [-0.2, -0.15) is 17.4 Å². The molecular formula is C10H22N2O3S. The van der Waals surface area contributed by atoms with Crippen molar-refractivity contribution in [2.45, 2.75) is 38.2 Å². The molecule has 96 valence electrons. The SMILES string of the molecule is CC1CCCC(O)(CNS(=O)(=O)N(C)C)C1. The van der Waals surface area contributed by atoms with Gasteiger partial charge in [-0.05, 0) is 18.8 Å². The number of nitrogens with zero attached hydrogens (tertiary/aromatic N) is 1. The van der Waals surface area contributed by atoms with E-state index in [1.165, 1.54) is 14.1 Å². The van der Waals surface area contributed by atoms with E-state index in [2.05, 4.69) is 11.6 Å². The van der Waals surface area contributed by atoms with Crippen LogP contribution in [-0.4, -0.2) is 44.1 Å². The maximum Gasteiger partial charge on any atom is 0.279 e.